The van der Waals surface area contributed by atoms with E-state index in [4.69, 9.17) is 0 Å². The molecule has 0 fully saturated rings. The average molecular weight is 510 g/mol. The summed E-state index contributed by atoms with van der Waals surface area (Å²) in [6.45, 7) is 0.646. The Morgan fingerprint density at radius 3 is 1.58 bits per heavy atom. The first-order chi connectivity index (χ1) is 14.6. The minimum Gasteiger partial charge on any atom is -0.466 e. The minimum absolute atomic E-state index is 0.0264. The lowest BCUT2D eigenvalue weighted by Gasteiger charge is -2.42. The van der Waals surface area contributed by atoms with E-state index in [1.54, 1.807) is 0 Å². The molecule has 0 saturated heterocycles. The molecule has 0 radical (unpaired) electrons. The standard InChI is InChI=1S/C18H15F13O2/c1-3-33-12(32)11(10-7-5-4-6-8-10)9(2)13(19,20)14(21,22)15(23,24)16(25,26)17(27,28)18(29,30)31/h4-9,11H,3H2,1-2H3. The second kappa shape index (κ2) is 8.85. The lowest BCUT2D eigenvalue weighted by atomic mass is 9.78. The van der Waals surface area contributed by atoms with Crippen molar-refractivity contribution in [2.75, 3.05) is 6.61 Å². The normalized spacial score (nSPS) is 16.3. The summed E-state index contributed by atoms with van der Waals surface area (Å²) in [7, 11) is 0. The number of alkyl halides is 13. The Morgan fingerprint density at radius 1 is 0.758 bits per heavy atom. The van der Waals surface area contributed by atoms with E-state index in [9.17, 15) is 61.9 Å². The van der Waals surface area contributed by atoms with E-state index in [1.807, 2.05) is 0 Å². The van der Waals surface area contributed by atoms with Crippen molar-refractivity contribution in [1.29, 1.82) is 0 Å². The molecule has 2 unspecified atom stereocenters. The van der Waals surface area contributed by atoms with Crippen LogP contribution in [-0.4, -0.2) is 48.4 Å². The van der Waals surface area contributed by atoms with Crippen molar-refractivity contribution in [3.8, 4) is 0 Å². The van der Waals surface area contributed by atoms with Crippen LogP contribution in [0.3, 0.4) is 0 Å². The molecule has 0 aliphatic carbocycles. The molecule has 33 heavy (non-hydrogen) atoms. The fourth-order valence-electron chi connectivity index (χ4n) is 2.80. The topological polar surface area (TPSA) is 26.3 Å². The molecule has 0 aliphatic heterocycles. The molecule has 190 valence electrons. The summed E-state index contributed by atoms with van der Waals surface area (Å²) in [6, 6.07) is 5.22. The molecule has 0 saturated carbocycles. The van der Waals surface area contributed by atoms with E-state index in [2.05, 4.69) is 4.74 Å². The lowest BCUT2D eigenvalue weighted by Crippen LogP contribution is -2.71. The zero-order chi connectivity index (χ0) is 26.3. The van der Waals surface area contributed by atoms with Gasteiger partial charge in [0, 0.05) is 5.92 Å². The summed E-state index contributed by atoms with van der Waals surface area (Å²) >= 11 is 0. The number of hydrogen-bond donors (Lipinski definition) is 0. The summed E-state index contributed by atoms with van der Waals surface area (Å²) in [5, 5.41) is 0. The van der Waals surface area contributed by atoms with Crippen molar-refractivity contribution in [2.45, 2.75) is 55.6 Å². The molecule has 0 N–H and O–H groups in total. The quantitative estimate of drug-likeness (QED) is 0.273. The first kappa shape index (κ1) is 28.8. The number of benzene rings is 1. The lowest BCUT2D eigenvalue weighted by molar-refractivity contribution is -0.443. The fourth-order valence-corrected chi connectivity index (χ4v) is 2.80. The summed E-state index contributed by atoms with van der Waals surface area (Å²) in [5.74, 6) is -45.2. The highest BCUT2D eigenvalue weighted by Crippen LogP contribution is 2.62. The third-order valence-electron chi connectivity index (χ3n) is 4.73. The maximum absolute atomic E-state index is 14.5. The second-order valence-electron chi connectivity index (χ2n) is 6.85. The molecular formula is C18H15F13O2. The van der Waals surface area contributed by atoms with E-state index in [-0.39, 0.29) is 6.92 Å². The monoisotopic (exact) mass is 510 g/mol. The van der Waals surface area contributed by atoms with Gasteiger partial charge < -0.3 is 4.74 Å². The Bertz CT molecular complexity index is 818. The summed E-state index contributed by atoms with van der Waals surface area (Å²) < 4.78 is 179. The van der Waals surface area contributed by atoms with Crippen LogP contribution < -0.4 is 0 Å². The Balaban J connectivity index is 3.63. The van der Waals surface area contributed by atoms with Crippen LogP contribution >= 0.6 is 0 Å². The zero-order valence-electron chi connectivity index (χ0n) is 16.5. The SMILES string of the molecule is CCOC(=O)C(c1ccccc1)C(C)C(F)(F)C(F)(F)C(F)(F)C(F)(F)C(F)(F)C(F)(F)F. The van der Waals surface area contributed by atoms with Gasteiger partial charge in [0.15, 0.2) is 0 Å². The third-order valence-corrected chi connectivity index (χ3v) is 4.73. The van der Waals surface area contributed by atoms with Crippen molar-refractivity contribution in [1.82, 2.24) is 0 Å². The van der Waals surface area contributed by atoms with Crippen molar-refractivity contribution >= 4 is 5.97 Å². The van der Waals surface area contributed by atoms with Crippen molar-refractivity contribution in [2.24, 2.45) is 5.92 Å². The molecule has 0 aromatic heterocycles. The molecule has 2 atom stereocenters. The second-order valence-corrected chi connectivity index (χ2v) is 6.85. The maximum atomic E-state index is 14.5. The van der Waals surface area contributed by atoms with Gasteiger partial charge in [0.2, 0.25) is 0 Å². The molecule has 0 spiro atoms. The number of esters is 1. The predicted octanol–water partition coefficient (Wildman–Crippen LogP) is 6.71. The van der Waals surface area contributed by atoms with E-state index >= 15 is 0 Å². The van der Waals surface area contributed by atoms with Gasteiger partial charge in [-0.2, -0.15) is 57.1 Å². The molecule has 1 aromatic rings. The molecule has 0 aliphatic rings. The van der Waals surface area contributed by atoms with Crippen LogP contribution in [0.25, 0.3) is 0 Å². The first-order valence-corrected chi connectivity index (χ1v) is 8.80. The van der Waals surface area contributed by atoms with Crippen LogP contribution in [-0.2, 0) is 9.53 Å². The van der Waals surface area contributed by atoms with Crippen molar-refractivity contribution in [3.05, 3.63) is 35.9 Å². The smallest absolute Gasteiger partial charge is 0.460 e. The highest BCUT2D eigenvalue weighted by Gasteiger charge is 2.91. The fraction of sp³-hybridized carbons (Fsp3) is 0.611. The van der Waals surface area contributed by atoms with Crippen LogP contribution in [0.2, 0.25) is 0 Å². The largest absolute Gasteiger partial charge is 0.466 e. The number of rotatable bonds is 9. The third kappa shape index (κ3) is 4.46. The number of hydrogen-bond acceptors (Lipinski definition) is 2. The maximum Gasteiger partial charge on any atom is 0.460 e. The Labute approximate surface area is 177 Å². The van der Waals surface area contributed by atoms with Crippen LogP contribution in [0.1, 0.15) is 25.3 Å². The van der Waals surface area contributed by atoms with Gasteiger partial charge in [-0.25, -0.2) is 0 Å². The van der Waals surface area contributed by atoms with Gasteiger partial charge in [0.25, 0.3) is 0 Å². The summed E-state index contributed by atoms with van der Waals surface area (Å²) in [4.78, 5) is 12.1. The highest BCUT2D eigenvalue weighted by atomic mass is 19.4. The van der Waals surface area contributed by atoms with Gasteiger partial charge in [-0.15, -0.1) is 0 Å². The van der Waals surface area contributed by atoms with Crippen LogP contribution in [0.15, 0.2) is 30.3 Å². The van der Waals surface area contributed by atoms with Gasteiger partial charge in [-0.1, -0.05) is 37.3 Å². The van der Waals surface area contributed by atoms with Gasteiger partial charge in [-0.05, 0) is 12.5 Å². The number of halogens is 13. The number of carbonyl (C=O) groups excluding carboxylic acids is 1. The van der Waals surface area contributed by atoms with Crippen LogP contribution in [0.4, 0.5) is 57.1 Å². The highest BCUT2D eigenvalue weighted by molar-refractivity contribution is 5.78. The molecule has 15 heteroatoms. The molecule has 0 heterocycles. The van der Waals surface area contributed by atoms with Gasteiger partial charge >= 0.3 is 41.8 Å². The molecule has 0 bridgehead atoms. The van der Waals surface area contributed by atoms with Crippen molar-refractivity contribution < 1.29 is 66.6 Å². The van der Waals surface area contributed by atoms with Crippen LogP contribution in [0.5, 0.6) is 0 Å². The van der Waals surface area contributed by atoms with E-state index in [0.29, 0.717) is 0 Å². The van der Waals surface area contributed by atoms with E-state index in [0.717, 1.165) is 31.2 Å². The molecule has 1 aromatic carbocycles. The van der Waals surface area contributed by atoms with E-state index < -0.39 is 65.8 Å². The minimum atomic E-state index is -8.00. The Morgan fingerprint density at radius 2 is 1.18 bits per heavy atom. The number of carbonyl (C=O) groups is 1. The van der Waals surface area contributed by atoms with Gasteiger partial charge in [-0.3, -0.25) is 4.79 Å². The molecule has 2 nitrogen and oxygen atoms in total. The molecule has 1 rings (SSSR count). The molecule has 0 amide bonds. The molecular weight excluding hydrogens is 495 g/mol. The summed E-state index contributed by atoms with van der Waals surface area (Å²) in [6.07, 6.45) is -7.49. The van der Waals surface area contributed by atoms with Crippen LogP contribution in [0, 0.1) is 5.92 Å². The van der Waals surface area contributed by atoms with Gasteiger partial charge in [0.1, 0.15) is 0 Å². The van der Waals surface area contributed by atoms with E-state index in [1.165, 1.54) is 6.07 Å². The van der Waals surface area contributed by atoms with Crippen molar-refractivity contribution in [3.63, 3.8) is 0 Å². The first-order valence-electron chi connectivity index (χ1n) is 8.80. The Hall–Kier alpha value is -2.22. The Kier molecular flexibility index (Phi) is 7.73. The average Bonchev–Trinajstić information content (AvgIpc) is 2.67. The predicted molar refractivity (Wildman–Crippen MR) is 85.8 cm³/mol. The number of ether oxygens (including phenoxy) is 1. The zero-order valence-corrected chi connectivity index (χ0v) is 16.5. The van der Waals surface area contributed by atoms with Gasteiger partial charge in [0.05, 0.1) is 12.5 Å². The summed E-state index contributed by atoms with van der Waals surface area (Å²) in [5.41, 5.74) is -0.533.